The summed E-state index contributed by atoms with van der Waals surface area (Å²) in [5.74, 6) is -0.874. The zero-order chi connectivity index (χ0) is 41.5. The largest absolute Gasteiger partial charge is 0.462 e. The maximum atomic E-state index is 12.7. The summed E-state index contributed by atoms with van der Waals surface area (Å²) in [5, 5.41) is 0. The molecule has 0 fully saturated rings. The van der Waals surface area contributed by atoms with E-state index in [1.807, 2.05) is 0 Å². The van der Waals surface area contributed by atoms with E-state index in [2.05, 4.69) is 45.1 Å². The molecule has 6 heteroatoms. The molecule has 0 aliphatic rings. The minimum Gasteiger partial charge on any atom is -0.462 e. The Balaban J connectivity index is 4.25. The van der Waals surface area contributed by atoms with E-state index in [-0.39, 0.29) is 31.1 Å². The molecule has 0 aromatic heterocycles. The molecule has 0 rings (SSSR count). The minimum absolute atomic E-state index is 0.0703. The molecule has 1 atom stereocenters. The lowest BCUT2D eigenvalue weighted by molar-refractivity contribution is -0.167. The fourth-order valence-corrected chi connectivity index (χ4v) is 7.18. The number of esters is 3. The van der Waals surface area contributed by atoms with Gasteiger partial charge in [-0.1, -0.05) is 218 Å². The van der Waals surface area contributed by atoms with Gasteiger partial charge in [0.25, 0.3) is 0 Å². The zero-order valence-corrected chi connectivity index (χ0v) is 38.1. The Bertz CT molecular complexity index is 927. The Morgan fingerprint density at radius 1 is 0.351 bits per heavy atom. The predicted octanol–water partition coefficient (Wildman–Crippen LogP) is 16.0. The number of hydrogen-bond donors (Lipinski definition) is 0. The fraction of sp³-hybridized carbons (Fsp3) is 0.863. The van der Waals surface area contributed by atoms with Crippen molar-refractivity contribution in [2.45, 2.75) is 271 Å². The van der Waals surface area contributed by atoms with Crippen LogP contribution in [0, 0.1) is 0 Å². The number of carbonyl (C=O) groups excluding carboxylic acids is 3. The molecule has 334 valence electrons. The number of allylic oxidation sites excluding steroid dienone is 4. The van der Waals surface area contributed by atoms with Crippen LogP contribution in [-0.2, 0) is 28.6 Å². The number of carbonyl (C=O) groups is 3. The molecule has 57 heavy (non-hydrogen) atoms. The summed E-state index contributed by atoms with van der Waals surface area (Å²) in [6.07, 6.45) is 51.7. The van der Waals surface area contributed by atoms with Gasteiger partial charge in [0.05, 0.1) is 0 Å². The molecule has 6 nitrogen and oxygen atoms in total. The van der Waals surface area contributed by atoms with E-state index in [1.54, 1.807) is 0 Å². The van der Waals surface area contributed by atoms with Gasteiger partial charge in [0.1, 0.15) is 13.2 Å². The average Bonchev–Trinajstić information content (AvgIpc) is 3.21. The van der Waals surface area contributed by atoms with Gasteiger partial charge in [-0.2, -0.15) is 0 Å². The SMILES string of the molecule is CCCCC/C=C\C/C=C\CCCCCCCCCC(=O)OCC(COC(=O)CCCCCCCCC)OC(=O)CCCCCCCCCCCCCCCCC. The molecule has 0 spiro atoms. The molecule has 0 bridgehead atoms. The third-order valence-electron chi connectivity index (χ3n) is 11.0. The standard InChI is InChI=1S/C51H94O6/c1-4-7-10-13-16-18-20-22-24-25-27-28-30-32-35-38-41-44-50(53)56-47-48(46-55-49(52)43-40-37-34-15-12-9-6-3)57-51(54)45-42-39-36-33-31-29-26-23-21-19-17-14-11-8-5-2/h16,18,22,24,48H,4-15,17,19-21,23,25-47H2,1-3H3/b18-16-,24-22-. The lowest BCUT2D eigenvalue weighted by atomic mass is 10.0. The molecule has 0 N–H and O–H groups in total. The molecular weight excluding hydrogens is 709 g/mol. The van der Waals surface area contributed by atoms with E-state index < -0.39 is 6.10 Å². The second-order valence-corrected chi connectivity index (χ2v) is 16.7. The average molecular weight is 803 g/mol. The fourth-order valence-electron chi connectivity index (χ4n) is 7.18. The van der Waals surface area contributed by atoms with Crippen molar-refractivity contribution in [3.63, 3.8) is 0 Å². The number of unbranched alkanes of at least 4 members (excludes halogenated alkanes) is 30. The van der Waals surface area contributed by atoms with Gasteiger partial charge < -0.3 is 14.2 Å². The van der Waals surface area contributed by atoms with E-state index in [0.29, 0.717) is 19.3 Å². The molecule has 0 aliphatic heterocycles. The molecule has 0 heterocycles. The van der Waals surface area contributed by atoms with Gasteiger partial charge in [0.15, 0.2) is 6.10 Å². The number of hydrogen-bond acceptors (Lipinski definition) is 6. The van der Waals surface area contributed by atoms with Gasteiger partial charge in [-0.15, -0.1) is 0 Å². The third-order valence-corrected chi connectivity index (χ3v) is 11.0. The molecule has 1 unspecified atom stereocenters. The Morgan fingerprint density at radius 3 is 1.00 bits per heavy atom. The van der Waals surface area contributed by atoms with Crippen LogP contribution >= 0.6 is 0 Å². The van der Waals surface area contributed by atoms with Crippen LogP contribution in [0.4, 0.5) is 0 Å². The third kappa shape index (κ3) is 44.8. The van der Waals surface area contributed by atoms with Gasteiger partial charge >= 0.3 is 17.9 Å². The molecule has 0 aromatic rings. The smallest absolute Gasteiger partial charge is 0.306 e. The number of rotatable bonds is 45. The van der Waals surface area contributed by atoms with Gasteiger partial charge in [-0.3, -0.25) is 14.4 Å². The van der Waals surface area contributed by atoms with Crippen LogP contribution in [0.2, 0.25) is 0 Å². The van der Waals surface area contributed by atoms with Crippen LogP contribution in [0.1, 0.15) is 265 Å². The van der Waals surface area contributed by atoms with E-state index in [9.17, 15) is 14.4 Å². The summed E-state index contributed by atoms with van der Waals surface area (Å²) in [6, 6.07) is 0. The first-order valence-electron chi connectivity index (χ1n) is 24.8. The van der Waals surface area contributed by atoms with Crippen LogP contribution in [-0.4, -0.2) is 37.2 Å². The molecule has 0 radical (unpaired) electrons. The van der Waals surface area contributed by atoms with Crippen LogP contribution in [0.5, 0.6) is 0 Å². The van der Waals surface area contributed by atoms with Crippen LogP contribution in [0.15, 0.2) is 24.3 Å². The van der Waals surface area contributed by atoms with E-state index >= 15 is 0 Å². The Kier molecular flexibility index (Phi) is 44.9. The molecule has 0 amide bonds. The second-order valence-electron chi connectivity index (χ2n) is 16.7. The first-order valence-corrected chi connectivity index (χ1v) is 24.8. The topological polar surface area (TPSA) is 78.9 Å². The molecule has 0 aliphatic carbocycles. The van der Waals surface area contributed by atoms with Crippen molar-refractivity contribution in [3.05, 3.63) is 24.3 Å². The minimum atomic E-state index is -0.766. The highest BCUT2D eigenvalue weighted by Crippen LogP contribution is 2.15. The summed E-state index contributed by atoms with van der Waals surface area (Å²) in [7, 11) is 0. The quantitative estimate of drug-likeness (QED) is 0.0264. The first kappa shape index (κ1) is 54.9. The first-order chi connectivity index (χ1) is 28.0. The van der Waals surface area contributed by atoms with Crippen molar-refractivity contribution in [2.75, 3.05) is 13.2 Å². The van der Waals surface area contributed by atoms with Crippen molar-refractivity contribution in [1.82, 2.24) is 0 Å². The molecule has 0 aromatic carbocycles. The van der Waals surface area contributed by atoms with Crippen molar-refractivity contribution < 1.29 is 28.6 Å². The highest BCUT2D eigenvalue weighted by Gasteiger charge is 2.19. The van der Waals surface area contributed by atoms with Crippen molar-refractivity contribution in [1.29, 1.82) is 0 Å². The monoisotopic (exact) mass is 803 g/mol. The summed E-state index contributed by atoms with van der Waals surface area (Å²) in [4.78, 5) is 37.7. The lowest BCUT2D eigenvalue weighted by Gasteiger charge is -2.18. The highest BCUT2D eigenvalue weighted by atomic mass is 16.6. The summed E-state index contributed by atoms with van der Waals surface area (Å²) >= 11 is 0. The zero-order valence-electron chi connectivity index (χ0n) is 38.1. The highest BCUT2D eigenvalue weighted by molar-refractivity contribution is 5.71. The van der Waals surface area contributed by atoms with Crippen molar-refractivity contribution >= 4 is 17.9 Å². The Hall–Kier alpha value is -2.11. The lowest BCUT2D eigenvalue weighted by Crippen LogP contribution is -2.30. The van der Waals surface area contributed by atoms with Gasteiger partial charge in [0.2, 0.25) is 0 Å². The van der Waals surface area contributed by atoms with Gasteiger partial charge in [-0.25, -0.2) is 0 Å². The van der Waals surface area contributed by atoms with Crippen molar-refractivity contribution in [3.8, 4) is 0 Å². The van der Waals surface area contributed by atoms with E-state index in [4.69, 9.17) is 14.2 Å². The van der Waals surface area contributed by atoms with Crippen LogP contribution in [0.25, 0.3) is 0 Å². The Labute approximate surface area is 353 Å². The normalized spacial score (nSPS) is 12.1. The summed E-state index contributed by atoms with van der Waals surface area (Å²) in [6.45, 7) is 6.58. The summed E-state index contributed by atoms with van der Waals surface area (Å²) < 4.78 is 16.7. The van der Waals surface area contributed by atoms with Gasteiger partial charge in [0, 0.05) is 19.3 Å². The maximum absolute atomic E-state index is 12.7. The van der Waals surface area contributed by atoms with E-state index in [0.717, 1.165) is 70.6 Å². The van der Waals surface area contributed by atoms with Crippen LogP contribution < -0.4 is 0 Å². The van der Waals surface area contributed by atoms with Gasteiger partial charge in [-0.05, 0) is 51.4 Å². The van der Waals surface area contributed by atoms with Crippen LogP contribution in [0.3, 0.4) is 0 Å². The maximum Gasteiger partial charge on any atom is 0.306 e. The van der Waals surface area contributed by atoms with Crippen molar-refractivity contribution in [2.24, 2.45) is 0 Å². The Morgan fingerprint density at radius 2 is 0.632 bits per heavy atom. The van der Waals surface area contributed by atoms with E-state index in [1.165, 1.54) is 154 Å². The molecule has 0 saturated heterocycles. The predicted molar refractivity (Wildman–Crippen MR) is 243 cm³/mol. The number of ether oxygens (including phenoxy) is 3. The molecular formula is C51H94O6. The molecule has 0 saturated carbocycles. The summed E-state index contributed by atoms with van der Waals surface area (Å²) in [5.41, 5.74) is 0. The second kappa shape index (κ2) is 46.6.